The maximum absolute atomic E-state index is 11.7. The van der Waals surface area contributed by atoms with Crippen molar-refractivity contribution in [1.29, 1.82) is 0 Å². The van der Waals surface area contributed by atoms with Crippen LogP contribution in [-0.4, -0.2) is 153 Å². The van der Waals surface area contributed by atoms with E-state index in [2.05, 4.69) is 131 Å². The number of H-pyrrole nitrogens is 4. The number of nitrogens with zero attached hydrogens (tertiary/aromatic N) is 14. The third-order valence-electron chi connectivity index (χ3n) is 14.3. The van der Waals surface area contributed by atoms with Crippen molar-refractivity contribution >= 4 is 115 Å². The van der Waals surface area contributed by atoms with Gasteiger partial charge in [-0.25, -0.2) is 24.7 Å². The molecule has 9 aromatic rings. The first-order valence-corrected chi connectivity index (χ1v) is 28.7. The largest absolute Gasteiger partial charge is 0.473 e. The minimum Gasteiger partial charge on any atom is -0.473 e. The quantitative estimate of drug-likeness (QED) is 0.0592. The van der Waals surface area contributed by atoms with Crippen LogP contribution < -0.4 is 20.7 Å². The predicted octanol–water partition coefficient (Wildman–Crippen LogP) is 11.2. The van der Waals surface area contributed by atoms with Gasteiger partial charge in [0.2, 0.25) is 27.0 Å². The number of aromatic nitrogens is 16. The lowest BCUT2D eigenvalue weighted by atomic mass is 9.95. The molecule has 0 atom stereocenters. The van der Waals surface area contributed by atoms with Gasteiger partial charge in [-0.2, -0.15) is 39.9 Å². The van der Waals surface area contributed by atoms with Crippen LogP contribution in [0.3, 0.4) is 0 Å². The zero-order valence-electron chi connectivity index (χ0n) is 44.1. The number of piperidine rings is 2. The molecule has 28 heteroatoms. The summed E-state index contributed by atoms with van der Waals surface area (Å²) in [5.41, 5.74) is 6.76. The number of hydrogen-bond acceptors (Lipinski definition) is 19. The smallest absolute Gasteiger partial charge is 0.409 e. The summed E-state index contributed by atoms with van der Waals surface area (Å²) in [4.78, 5) is 77.6. The molecule has 8 aromatic heterocycles. The highest BCUT2D eigenvalue weighted by Crippen LogP contribution is 2.29. The zero-order valence-corrected chi connectivity index (χ0v) is 47.2. The number of halogens is 4. The monoisotopic (exact) mass is 1190 g/mol. The average molecular weight is 1190 g/mol. The van der Waals surface area contributed by atoms with E-state index in [0.717, 1.165) is 91.9 Å². The van der Waals surface area contributed by atoms with E-state index in [-0.39, 0.29) is 46.8 Å². The lowest BCUT2D eigenvalue weighted by Gasteiger charge is -2.32. The number of hydrogen-bond donors (Lipinski definition) is 7. The number of benzene rings is 1. The molecule has 0 unspecified atom stereocenters. The minimum atomic E-state index is -0.248. The summed E-state index contributed by atoms with van der Waals surface area (Å²) in [5, 5.41) is 11.1. The van der Waals surface area contributed by atoms with E-state index in [0.29, 0.717) is 66.1 Å². The molecule has 2 aliphatic heterocycles. The molecule has 2 aliphatic carbocycles. The number of fused-ring (bicyclic) bond motifs is 4. The predicted molar refractivity (Wildman–Crippen MR) is 315 cm³/mol. The summed E-state index contributed by atoms with van der Waals surface area (Å²) >= 11 is 23.6. The van der Waals surface area contributed by atoms with E-state index < -0.39 is 0 Å². The topological polar surface area (TPSA) is 296 Å². The van der Waals surface area contributed by atoms with E-state index in [1.54, 1.807) is 37.1 Å². The van der Waals surface area contributed by atoms with Crippen LogP contribution in [0.5, 0.6) is 5.88 Å². The fraction of sp³-hybridized carbons (Fsp3) is 0.491. The second-order valence-corrected chi connectivity index (χ2v) is 21.2. The molecule has 0 bridgehead atoms. The molecule has 24 nitrogen and oxygen atoms in total. The Labute approximate surface area is 487 Å². The van der Waals surface area contributed by atoms with Gasteiger partial charge in [-0.3, -0.25) is 4.90 Å². The van der Waals surface area contributed by atoms with Crippen molar-refractivity contribution in [2.75, 3.05) is 48.7 Å². The summed E-state index contributed by atoms with van der Waals surface area (Å²) in [6.45, 7) is 6.66. The van der Waals surface area contributed by atoms with Gasteiger partial charge in [0.25, 0.3) is 0 Å². The highest BCUT2D eigenvalue weighted by Gasteiger charge is 2.26. The molecule has 13 rings (SSSR count). The number of amides is 1. The van der Waals surface area contributed by atoms with Crippen LogP contribution in [0.4, 0.5) is 22.2 Å². The van der Waals surface area contributed by atoms with Crippen LogP contribution in [0.25, 0.3) is 44.7 Å². The second-order valence-electron chi connectivity index (χ2n) is 19.9. The molecule has 2 saturated carbocycles. The summed E-state index contributed by atoms with van der Waals surface area (Å²) < 4.78 is 10.9. The van der Waals surface area contributed by atoms with Gasteiger partial charge in [0.1, 0.15) is 28.2 Å². The molecule has 7 N–H and O–H groups in total. The molecule has 1 aromatic carbocycles. The summed E-state index contributed by atoms with van der Waals surface area (Å²) in [6, 6.07) is 11.7. The van der Waals surface area contributed by atoms with Gasteiger partial charge in [0.15, 0.2) is 40.0 Å². The standard InChI is InChI=1S/C17H19ClN6.C13H17ClN6O2.C11H14ClN5.C11H13ClN4O.CH4/c18-17-22-15-14(19-11-20-15)16(23-17)21-13-6-8-24(9-7-13)10-12-4-2-1-3-5-12;1-2-22-13(21)20-5-3-8(4-6-20)17-11-9-10(16-7-15-9)18-12(14)19-11;12-11-16-9-8(13-6-14-9)10(17-11)15-7-4-2-1-3-5-7;12-11-15-9-8(13-6-14-9)10(16-11)17-7-4-2-1-3-5-7;/h1-5,11,13H,6-10H2,(H2,19,20,21,22,23);7-8H,2-6H2,1H3,(H2,15,16,17,18,19);6-7H,1-5H2,(H2,13,14,15,16,17);6-7H,1-5H2,(H,13,14,15,16);1H4. The number of anilines is 3. The minimum absolute atomic E-state index is 0. The van der Waals surface area contributed by atoms with Crippen molar-refractivity contribution in [2.24, 2.45) is 0 Å². The van der Waals surface area contributed by atoms with Crippen molar-refractivity contribution < 1.29 is 14.3 Å². The molecular formula is C53H67Cl4N21O3. The Balaban J connectivity index is 0.000000131. The van der Waals surface area contributed by atoms with Gasteiger partial charge in [-0.15, -0.1) is 0 Å². The molecular weight excluding hydrogens is 1120 g/mol. The maximum Gasteiger partial charge on any atom is 0.409 e. The highest BCUT2D eigenvalue weighted by molar-refractivity contribution is 6.29. The van der Waals surface area contributed by atoms with Gasteiger partial charge >= 0.3 is 6.09 Å². The third kappa shape index (κ3) is 15.9. The van der Waals surface area contributed by atoms with Gasteiger partial charge in [0, 0.05) is 50.8 Å². The van der Waals surface area contributed by atoms with Gasteiger partial charge in [-0.05, 0) is 123 Å². The van der Waals surface area contributed by atoms with E-state index in [1.165, 1.54) is 56.9 Å². The Morgan fingerprint density at radius 1 is 0.531 bits per heavy atom. The van der Waals surface area contributed by atoms with Gasteiger partial charge < -0.3 is 50.3 Å². The number of likely N-dealkylation sites (tertiary alicyclic amines) is 2. The van der Waals surface area contributed by atoms with Gasteiger partial charge in [0.05, 0.1) is 31.9 Å². The van der Waals surface area contributed by atoms with Gasteiger partial charge in [-0.1, -0.05) is 63.4 Å². The van der Waals surface area contributed by atoms with E-state index in [9.17, 15) is 4.79 Å². The molecule has 0 spiro atoms. The Bertz CT molecular complexity index is 3310. The van der Waals surface area contributed by atoms with E-state index in [1.807, 2.05) is 0 Å². The van der Waals surface area contributed by atoms with E-state index in [4.69, 9.17) is 55.9 Å². The molecule has 81 heavy (non-hydrogen) atoms. The van der Waals surface area contributed by atoms with Crippen molar-refractivity contribution in [1.82, 2.24) is 89.5 Å². The number of carbonyl (C=O) groups excluding carboxylic acids is 1. The Morgan fingerprint density at radius 2 is 0.938 bits per heavy atom. The van der Waals surface area contributed by atoms with E-state index >= 15 is 0 Å². The third-order valence-corrected chi connectivity index (χ3v) is 15.0. The fourth-order valence-electron chi connectivity index (χ4n) is 10.3. The van der Waals surface area contributed by atoms with Crippen LogP contribution >= 0.6 is 46.4 Å². The summed E-state index contributed by atoms with van der Waals surface area (Å²) in [5.74, 6) is 2.67. The number of aromatic amines is 4. The molecule has 430 valence electrons. The molecule has 10 heterocycles. The summed E-state index contributed by atoms with van der Waals surface area (Å²) in [6.07, 6.45) is 22.3. The van der Waals surface area contributed by atoms with Crippen molar-refractivity contribution in [3.8, 4) is 5.88 Å². The lowest BCUT2D eigenvalue weighted by molar-refractivity contribution is 0.0983. The Kier molecular flexibility index (Phi) is 20.7. The summed E-state index contributed by atoms with van der Waals surface area (Å²) in [7, 11) is 0. The van der Waals surface area contributed by atoms with Crippen LogP contribution in [0.2, 0.25) is 21.1 Å². The number of imidazole rings is 4. The van der Waals surface area contributed by atoms with Crippen LogP contribution in [-0.2, 0) is 11.3 Å². The normalized spacial score (nSPS) is 16.6. The number of rotatable bonds is 11. The van der Waals surface area contributed by atoms with Crippen LogP contribution in [0.15, 0.2) is 55.6 Å². The zero-order chi connectivity index (χ0) is 55.2. The van der Waals surface area contributed by atoms with Crippen molar-refractivity contribution in [3.05, 3.63) is 82.3 Å². The molecule has 0 radical (unpaired) electrons. The highest BCUT2D eigenvalue weighted by atomic mass is 35.5. The Hall–Kier alpha value is -6.99. The van der Waals surface area contributed by atoms with Crippen molar-refractivity contribution in [2.45, 2.75) is 135 Å². The molecule has 1 amide bonds. The average Bonchev–Trinajstić information content (AvgIpc) is 4.50. The molecule has 4 fully saturated rings. The van der Waals surface area contributed by atoms with Crippen LogP contribution in [0, 0.1) is 0 Å². The lowest BCUT2D eigenvalue weighted by Crippen LogP contribution is -2.42. The van der Waals surface area contributed by atoms with Crippen molar-refractivity contribution in [3.63, 3.8) is 0 Å². The number of nitrogens with one attached hydrogen (secondary N) is 7. The second kappa shape index (κ2) is 28.6. The first kappa shape index (κ1) is 58.7. The first-order valence-electron chi connectivity index (χ1n) is 27.2. The maximum atomic E-state index is 11.7. The fourth-order valence-corrected chi connectivity index (χ4v) is 10.9. The Morgan fingerprint density at radius 3 is 1.41 bits per heavy atom. The molecule has 4 aliphatic rings. The first-order chi connectivity index (χ1) is 39.1. The van der Waals surface area contributed by atoms with Crippen LogP contribution in [0.1, 0.15) is 110 Å². The molecule has 2 saturated heterocycles. The number of carbonyl (C=O) groups is 1. The number of ether oxygens (including phenoxy) is 2. The SMILES string of the molecule is C.CCOC(=O)N1CCC(Nc2nc(Cl)nc3nc[nH]c23)CC1.Clc1nc(NC2CCCCC2)c2[nH]cnc2n1.Clc1nc(NC2CCN(Cc3ccccc3)CC2)c2[nH]cnc2n1.Clc1nc(OC2CCCCC2)c2[nH]cnc2n1.